The molecule has 112 valence electrons. The molecule has 1 aromatic rings. The molecule has 0 saturated heterocycles. The molecule has 1 aliphatic rings. The van der Waals surface area contributed by atoms with Crippen LogP contribution < -0.4 is 15.8 Å². The molecule has 0 bridgehead atoms. The summed E-state index contributed by atoms with van der Waals surface area (Å²) in [5.74, 6) is 0.579. The molecule has 4 nitrogen and oxygen atoms in total. The number of amides is 1. The third-order valence-corrected chi connectivity index (χ3v) is 3.52. The highest BCUT2D eigenvalue weighted by atomic mass is 16.5. The number of carbonyl (C=O) groups excluding carboxylic acids is 1. The van der Waals surface area contributed by atoms with Gasteiger partial charge in [0, 0.05) is 12.1 Å². The lowest BCUT2D eigenvalue weighted by atomic mass is 10.1. The minimum Gasteiger partial charge on any atom is -0.487 e. The van der Waals surface area contributed by atoms with E-state index in [-0.39, 0.29) is 5.91 Å². The second-order valence-corrected chi connectivity index (χ2v) is 5.22. The normalized spacial score (nSPS) is 15.2. The van der Waals surface area contributed by atoms with E-state index in [4.69, 9.17) is 10.5 Å². The Morgan fingerprint density at radius 1 is 1.43 bits per heavy atom. The van der Waals surface area contributed by atoms with Crippen LogP contribution in [0.5, 0.6) is 5.75 Å². The number of hydrogen-bond acceptors (Lipinski definition) is 3. The number of benzene rings is 1. The molecule has 1 amide bonds. The highest BCUT2D eigenvalue weighted by Gasteiger charge is 2.15. The maximum absolute atomic E-state index is 11.8. The van der Waals surface area contributed by atoms with Gasteiger partial charge in [0.15, 0.2) is 0 Å². The standard InChI is InChI=1S/C17H22N2O2/c1-2-11-21-16-9-7-13(12-15(16)18)8-10-17(20)19-14-5-3-4-6-14/h2,7-10,12,14H,1,3-6,11,18H2,(H,19,20)/b10-8-. The van der Waals surface area contributed by atoms with Gasteiger partial charge in [-0.1, -0.05) is 31.6 Å². The van der Waals surface area contributed by atoms with Crippen molar-refractivity contribution >= 4 is 17.7 Å². The van der Waals surface area contributed by atoms with Crippen molar-refractivity contribution in [1.29, 1.82) is 0 Å². The summed E-state index contributed by atoms with van der Waals surface area (Å²) in [5, 5.41) is 3.01. The van der Waals surface area contributed by atoms with Gasteiger partial charge >= 0.3 is 0 Å². The molecule has 0 heterocycles. The van der Waals surface area contributed by atoms with Crippen LogP contribution in [0.15, 0.2) is 36.9 Å². The van der Waals surface area contributed by atoms with Crippen molar-refractivity contribution in [1.82, 2.24) is 5.32 Å². The maximum atomic E-state index is 11.8. The van der Waals surface area contributed by atoms with E-state index in [1.165, 1.54) is 12.8 Å². The van der Waals surface area contributed by atoms with Crippen LogP contribution in [-0.4, -0.2) is 18.6 Å². The summed E-state index contributed by atoms with van der Waals surface area (Å²) in [4.78, 5) is 11.8. The molecule has 1 saturated carbocycles. The largest absolute Gasteiger partial charge is 0.487 e. The summed E-state index contributed by atoms with van der Waals surface area (Å²) in [5.41, 5.74) is 7.33. The molecule has 21 heavy (non-hydrogen) atoms. The predicted molar refractivity (Wildman–Crippen MR) is 86.0 cm³/mol. The molecule has 4 heteroatoms. The van der Waals surface area contributed by atoms with Gasteiger partial charge in [0.2, 0.25) is 5.91 Å². The van der Waals surface area contributed by atoms with Gasteiger partial charge < -0.3 is 15.8 Å². The number of nitrogens with two attached hydrogens (primary N) is 1. The number of anilines is 1. The first kappa shape index (κ1) is 15.2. The van der Waals surface area contributed by atoms with Gasteiger partial charge in [-0.25, -0.2) is 0 Å². The average Bonchev–Trinajstić information content (AvgIpc) is 2.97. The Hall–Kier alpha value is -2.23. The van der Waals surface area contributed by atoms with E-state index in [0.717, 1.165) is 18.4 Å². The van der Waals surface area contributed by atoms with Crippen molar-refractivity contribution in [3.63, 3.8) is 0 Å². The Morgan fingerprint density at radius 2 is 2.19 bits per heavy atom. The van der Waals surface area contributed by atoms with Gasteiger partial charge in [0.1, 0.15) is 12.4 Å². The fourth-order valence-corrected chi connectivity index (χ4v) is 2.44. The fourth-order valence-electron chi connectivity index (χ4n) is 2.44. The molecule has 0 radical (unpaired) electrons. The lowest BCUT2D eigenvalue weighted by Crippen LogP contribution is -2.30. The van der Waals surface area contributed by atoms with Crippen molar-refractivity contribution < 1.29 is 9.53 Å². The van der Waals surface area contributed by atoms with Crippen LogP contribution in [-0.2, 0) is 4.79 Å². The van der Waals surface area contributed by atoms with Crippen molar-refractivity contribution in [2.45, 2.75) is 31.7 Å². The molecule has 0 spiro atoms. The van der Waals surface area contributed by atoms with Gasteiger partial charge in [-0.05, 0) is 36.6 Å². The highest BCUT2D eigenvalue weighted by Crippen LogP contribution is 2.23. The quantitative estimate of drug-likeness (QED) is 0.480. The number of rotatable bonds is 6. The molecular weight excluding hydrogens is 264 g/mol. The Kier molecular flexibility index (Phi) is 5.43. The molecule has 0 aliphatic heterocycles. The minimum absolute atomic E-state index is 0.0487. The van der Waals surface area contributed by atoms with Crippen LogP contribution in [0, 0.1) is 0 Å². The van der Waals surface area contributed by atoms with Gasteiger partial charge in [0.25, 0.3) is 0 Å². The molecule has 1 aromatic carbocycles. The van der Waals surface area contributed by atoms with E-state index in [1.807, 2.05) is 6.07 Å². The minimum atomic E-state index is -0.0487. The van der Waals surface area contributed by atoms with E-state index < -0.39 is 0 Å². The summed E-state index contributed by atoms with van der Waals surface area (Å²) in [7, 11) is 0. The van der Waals surface area contributed by atoms with Crippen LogP contribution in [0.2, 0.25) is 0 Å². The first-order valence-corrected chi connectivity index (χ1v) is 7.31. The van der Waals surface area contributed by atoms with Crippen LogP contribution in [0.4, 0.5) is 5.69 Å². The molecular formula is C17H22N2O2. The number of nitrogens with one attached hydrogen (secondary N) is 1. The van der Waals surface area contributed by atoms with Crippen molar-refractivity contribution in [3.8, 4) is 5.75 Å². The van der Waals surface area contributed by atoms with Crippen LogP contribution >= 0.6 is 0 Å². The van der Waals surface area contributed by atoms with E-state index in [9.17, 15) is 4.79 Å². The summed E-state index contributed by atoms with van der Waals surface area (Å²) < 4.78 is 5.41. The number of carbonyl (C=O) groups is 1. The van der Waals surface area contributed by atoms with E-state index in [1.54, 1.807) is 30.4 Å². The molecule has 2 rings (SSSR count). The first-order valence-electron chi connectivity index (χ1n) is 7.31. The van der Waals surface area contributed by atoms with Crippen LogP contribution in [0.3, 0.4) is 0 Å². The molecule has 0 unspecified atom stereocenters. The van der Waals surface area contributed by atoms with Crippen molar-refractivity contribution in [3.05, 3.63) is 42.5 Å². The zero-order valence-corrected chi connectivity index (χ0v) is 12.2. The first-order chi connectivity index (χ1) is 10.2. The van der Waals surface area contributed by atoms with Gasteiger partial charge in [-0.15, -0.1) is 0 Å². The smallest absolute Gasteiger partial charge is 0.244 e. The number of ether oxygens (including phenoxy) is 1. The van der Waals surface area contributed by atoms with E-state index in [0.29, 0.717) is 24.1 Å². The Bertz CT molecular complexity index is 532. The lowest BCUT2D eigenvalue weighted by molar-refractivity contribution is -0.117. The molecule has 1 aliphatic carbocycles. The summed E-state index contributed by atoms with van der Waals surface area (Å²) in [6.45, 7) is 4.01. The van der Waals surface area contributed by atoms with E-state index >= 15 is 0 Å². The SMILES string of the molecule is C=CCOc1ccc(/C=C\C(=O)NC2CCCC2)cc1N. The van der Waals surface area contributed by atoms with Gasteiger partial charge in [0.05, 0.1) is 5.69 Å². The second kappa shape index (κ2) is 7.53. The van der Waals surface area contributed by atoms with Gasteiger partial charge in [-0.3, -0.25) is 4.79 Å². The Morgan fingerprint density at radius 3 is 2.86 bits per heavy atom. The summed E-state index contributed by atoms with van der Waals surface area (Å²) in [6, 6.07) is 5.79. The molecule has 0 aromatic heterocycles. The highest BCUT2D eigenvalue weighted by molar-refractivity contribution is 5.92. The topological polar surface area (TPSA) is 64.3 Å². The van der Waals surface area contributed by atoms with Gasteiger partial charge in [-0.2, -0.15) is 0 Å². The monoisotopic (exact) mass is 286 g/mol. The van der Waals surface area contributed by atoms with Crippen molar-refractivity contribution in [2.24, 2.45) is 0 Å². The van der Waals surface area contributed by atoms with Crippen molar-refractivity contribution in [2.75, 3.05) is 12.3 Å². The zero-order chi connectivity index (χ0) is 15.1. The third kappa shape index (κ3) is 4.67. The molecule has 1 fully saturated rings. The number of hydrogen-bond donors (Lipinski definition) is 2. The van der Waals surface area contributed by atoms with Crippen LogP contribution in [0.25, 0.3) is 6.08 Å². The third-order valence-electron chi connectivity index (χ3n) is 3.52. The average molecular weight is 286 g/mol. The zero-order valence-electron chi connectivity index (χ0n) is 12.2. The fraction of sp³-hybridized carbons (Fsp3) is 0.353. The Labute approximate surface area is 125 Å². The molecule has 3 N–H and O–H groups in total. The summed E-state index contributed by atoms with van der Waals surface area (Å²) in [6.07, 6.45) is 9.56. The second-order valence-electron chi connectivity index (χ2n) is 5.22. The Balaban J connectivity index is 1.92. The maximum Gasteiger partial charge on any atom is 0.244 e. The summed E-state index contributed by atoms with van der Waals surface area (Å²) >= 11 is 0. The predicted octanol–water partition coefficient (Wildman–Crippen LogP) is 2.91. The molecule has 0 atom stereocenters. The van der Waals surface area contributed by atoms with Crippen LogP contribution in [0.1, 0.15) is 31.2 Å². The van der Waals surface area contributed by atoms with E-state index in [2.05, 4.69) is 11.9 Å². The number of nitrogen functional groups attached to an aromatic ring is 1. The lowest BCUT2D eigenvalue weighted by Gasteiger charge is -2.09.